The monoisotopic (exact) mass is 228 g/mol. The van der Waals surface area contributed by atoms with Gasteiger partial charge in [0, 0.05) is 20.2 Å². The molecule has 16 heavy (non-hydrogen) atoms. The van der Waals surface area contributed by atoms with Crippen LogP contribution in [0.3, 0.4) is 0 Å². The molecular formula is C10H16N2O4. The third-order valence-electron chi connectivity index (χ3n) is 2.19. The molecule has 0 aliphatic carbocycles. The number of hydrogen-bond donors (Lipinski definition) is 1. The Balaban J connectivity index is 2.55. The summed E-state index contributed by atoms with van der Waals surface area (Å²) in [4.78, 5) is 16.4. The van der Waals surface area contributed by atoms with Crippen LogP contribution in [0.1, 0.15) is 11.5 Å². The molecule has 0 saturated carbocycles. The maximum absolute atomic E-state index is 10.7. The zero-order valence-corrected chi connectivity index (χ0v) is 9.47. The number of hydrogen-bond acceptors (Lipinski definition) is 5. The SMILES string of the molecule is COCCN(CC(=O)O)Cc1ncoc1C. The number of ether oxygens (including phenoxy) is 1. The first kappa shape index (κ1) is 12.7. The van der Waals surface area contributed by atoms with Gasteiger partial charge in [-0.2, -0.15) is 0 Å². The van der Waals surface area contributed by atoms with Crippen LogP contribution in [0.25, 0.3) is 0 Å². The topological polar surface area (TPSA) is 75.8 Å². The number of nitrogens with zero attached hydrogens (tertiary/aromatic N) is 2. The predicted molar refractivity (Wildman–Crippen MR) is 56.0 cm³/mol. The van der Waals surface area contributed by atoms with E-state index in [4.69, 9.17) is 14.3 Å². The minimum atomic E-state index is -0.864. The summed E-state index contributed by atoms with van der Waals surface area (Å²) in [6, 6.07) is 0. The van der Waals surface area contributed by atoms with Crippen LogP contribution >= 0.6 is 0 Å². The summed E-state index contributed by atoms with van der Waals surface area (Å²) in [5.41, 5.74) is 0.761. The summed E-state index contributed by atoms with van der Waals surface area (Å²) in [7, 11) is 1.58. The van der Waals surface area contributed by atoms with Gasteiger partial charge in [-0.25, -0.2) is 4.98 Å². The fourth-order valence-corrected chi connectivity index (χ4v) is 1.32. The Kier molecular flexibility index (Phi) is 4.94. The summed E-state index contributed by atoms with van der Waals surface area (Å²) in [5.74, 6) is -0.148. The molecule has 0 aliphatic rings. The molecule has 0 unspecified atom stereocenters. The molecule has 0 radical (unpaired) electrons. The van der Waals surface area contributed by atoms with Crippen molar-refractivity contribution in [1.29, 1.82) is 0 Å². The van der Waals surface area contributed by atoms with E-state index < -0.39 is 5.97 Å². The Morgan fingerprint density at radius 2 is 2.44 bits per heavy atom. The second kappa shape index (κ2) is 6.24. The van der Waals surface area contributed by atoms with Crippen molar-refractivity contribution in [2.24, 2.45) is 0 Å². The van der Waals surface area contributed by atoms with Crippen molar-refractivity contribution in [2.75, 3.05) is 26.8 Å². The van der Waals surface area contributed by atoms with E-state index in [1.54, 1.807) is 18.9 Å². The van der Waals surface area contributed by atoms with Gasteiger partial charge in [0.05, 0.1) is 18.8 Å². The quantitative estimate of drug-likeness (QED) is 0.733. The first-order valence-corrected chi connectivity index (χ1v) is 4.95. The van der Waals surface area contributed by atoms with Crippen LogP contribution in [-0.4, -0.2) is 47.8 Å². The lowest BCUT2D eigenvalue weighted by Crippen LogP contribution is -2.32. The Labute approximate surface area is 93.8 Å². The largest absolute Gasteiger partial charge is 0.480 e. The van der Waals surface area contributed by atoms with Gasteiger partial charge in [0.2, 0.25) is 0 Å². The van der Waals surface area contributed by atoms with Crippen molar-refractivity contribution in [1.82, 2.24) is 9.88 Å². The molecule has 0 aliphatic heterocycles. The van der Waals surface area contributed by atoms with E-state index in [0.29, 0.717) is 25.5 Å². The molecule has 0 fully saturated rings. The number of carboxylic acid groups (broad SMARTS) is 1. The second-order valence-electron chi connectivity index (χ2n) is 3.45. The summed E-state index contributed by atoms with van der Waals surface area (Å²) in [6.45, 7) is 3.27. The van der Waals surface area contributed by atoms with Gasteiger partial charge in [-0.1, -0.05) is 0 Å². The van der Waals surface area contributed by atoms with E-state index in [1.807, 2.05) is 0 Å². The lowest BCUT2D eigenvalue weighted by molar-refractivity contribution is -0.138. The Morgan fingerprint density at radius 1 is 1.69 bits per heavy atom. The molecule has 1 aromatic heterocycles. The molecule has 6 nitrogen and oxygen atoms in total. The zero-order valence-electron chi connectivity index (χ0n) is 9.47. The smallest absolute Gasteiger partial charge is 0.317 e. The third kappa shape index (κ3) is 4.00. The first-order chi connectivity index (χ1) is 7.63. The number of aromatic nitrogens is 1. The fourth-order valence-electron chi connectivity index (χ4n) is 1.32. The van der Waals surface area contributed by atoms with Gasteiger partial charge in [-0.3, -0.25) is 9.69 Å². The Bertz CT molecular complexity index is 337. The molecule has 90 valence electrons. The first-order valence-electron chi connectivity index (χ1n) is 4.95. The molecule has 0 aromatic carbocycles. The van der Waals surface area contributed by atoms with E-state index in [9.17, 15) is 4.79 Å². The predicted octanol–water partition coefficient (Wildman–Crippen LogP) is 0.516. The molecule has 0 saturated heterocycles. The number of aryl methyl sites for hydroxylation is 1. The minimum Gasteiger partial charge on any atom is -0.480 e. The summed E-state index contributed by atoms with van der Waals surface area (Å²) in [6.07, 6.45) is 1.36. The number of aliphatic carboxylic acids is 1. The van der Waals surface area contributed by atoms with Crippen LogP contribution in [0.5, 0.6) is 0 Å². The second-order valence-corrected chi connectivity index (χ2v) is 3.45. The highest BCUT2D eigenvalue weighted by Gasteiger charge is 2.13. The Hall–Kier alpha value is -1.40. The highest BCUT2D eigenvalue weighted by atomic mass is 16.5. The van der Waals surface area contributed by atoms with Gasteiger partial charge in [-0.15, -0.1) is 0 Å². The normalized spacial score (nSPS) is 10.9. The standard InChI is InChI=1S/C10H16N2O4/c1-8-9(11-7-16-8)5-12(3-4-15-2)6-10(13)14/h7H,3-6H2,1-2H3,(H,13,14). The van der Waals surface area contributed by atoms with Crippen LogP contribution in [-0.2, 0) is 16.1 Å². The van der Waals surface area contributed by atoms with Gasteiger partial charge < -0.3 is 14.3 Å². The van der Waals surface area contributed by atoms with E-state index >= 15 is 0 Å². The van der Waals surface area contributed by atoms with Crippen molar-refractivity contribution in [2.45, 2.75) is 13.5 Å². The summed E-state index contributed by atoms with van der Waals surface area (Å²) >= 11 is 0. The summed E-state index contributed by atoms with van der Waals surface area (Å²) in [5, 5.41) is 8.75. The van der Waals surface area contributed by atoms with Gasteiger partial charge >= 0.3 is 5.97 Å². The Morgan fingerprint density at radius 3 is 2.94 bits per heavy atom. The van der Waals surface area contributed by atoms with Crippen LogP contribution in [0.4, 0.5) is 0 Å². The van der Waals surface area contributed by atoms with Gasteiger partial charge in [0.1, 0.15) is 5.76 Å². The molecule has 0 bridgehead atoms. The van der Waals surface area contributed by atoms with Gasteiger partial charge in [0.25, 0.3) is 0 Å². The number of rotatable bonds is 7. The van der Waals surface area contributed by atoms with E-state index in [1.165, 1.54) is 6.39 Å². The number of carboxylic acids is 1. The summed E-state index contributed by atoms with van der Waals surface area (Å²) < 4.78 is 9.98. The van der Waals surface area contributed by atoms with Crippen LogP contribution in [0.15, 0.2) is 10.8 Å². The van der Waals surface area contributed by atoms with Crippen molar-refractivity contribution >= 4 is 5.97 Å². The van der Waals surface area contributed by atoms with Crippen LogP contribution < -0.4 is 0 Å². The van der Waals surface area contributed by atoms with E-state index in [-0.39, 0.29) is 6.54 Å². The maximum Gasteiger partial charge on any atom is 0.317 e. The van der Waals surface area contributed by atoms with Gasteiger partial charge in [0.15, 0.2) is 6.39 Å². The van der Waals surface area contributed by atoms with Crippen molar-refractivity contribution in [3.8, 4) is 0 Å². The van der Waals surface area contributed by atoms with Crippen LogP contribution in [0, 0.1) is 6.92 Å². The number of carbonyl (C=O) groups is 1. The minimum absolute atomic E-state index is 0.0321. The zero-order chi connectivity index (χ0) is 12.0. The number of oxazole rings is 1. The third-order valence-corrected chi connectivity index (χ3v) is 2.19. The van der Waals surface area contributed by atoms with E-state index in [2.05, 4.69) is 4.98 Å². The highest BCUT2D eigenvalue weighted by Crippen LogP contribution is 2.07. The maximum atomic E-state index is 10.7. The average Bonchev–Trinajstić information content (AvgIpc) is 2.60. The number of methoxy groups -OCH3 is 1. The molecule has 0 spiro atoms. The molecule has 1 N–H and O–H groups in total. The van der Waals surface area contributed by atoms with Crippen LogP contribution in [0.2, 0.25) is 0 Å². The fraction of sp³-hybridized carbons (Fsp3) is 0.600. The molecular weight excluding hydrogens is 212 g/mol. The van der Waals surface area contributed by atoms with Crippen molar-refractivity contribution in [3.63, 3.8) is 0 Å². The van der Waals surface area contributed by atoms with Crippen molar-refractivity contribution in [3.05, 3.63) is 17.8 Å². The lowest BCUT2D eigenvalue weighted by Gasteiger charge is -2.18. The van der Waals surface area contributed by atoms with Gasteiger partial charge in [-0.05, 0) is 6.92 Å². The molecule has 1 aromatic rings. The molecule has 1 heterocycles. The lowest BCUT2D eigenvalue weighted by atomic mass is 10.3. The molecule has 0 atom stereocenters. The van der Waals surface area contributed by atoms with Crippen molar-refractivity contribution < 1.29 is 19.1 Å². The average molecular weight is 228 g/mol. The van der Waals surface area contributed by atoms with E-state index in [0.717, 1.165) is 5.69 Å². The molecule has 0 amide bonds. The molecule has 6 heteroatoms. The molecule has 1 rings (SSSR count). The highest BCUT2D eigenvalue weighted by molar-refractivity contribution is 5.69.